The van der Waals surface area contributed by atoms with Gasteiger partial charge >= 0.3 is 11.7 Å². The minimum atomic E-state index is -4.99. The molecule has 0 aliphatic rings. The molecule has 0 bridgehead atoms. The molecule has 1 unspecified atom stereocenters. The van der Waals surface area contributed by atoms with E-state index >= 15 is 0 Å². The monoisotopic (exact) mass is 271 g/mol. The quantitative estimate of drug-likeness (QED) is 0.593. The van der Waals surface area contributed by atoms with E-state index < -0.39 is 34.6 Å². The summed E-state index contributed by atoms with van der Waals surface area (Å²) in [4.78, 5) is 0. The Morgan fingerprint density at radius 3 is 1.80 bits per heavy atom. The molecular weight excluding hydrogens is 262 g/mol. The van der Waals surface area contributed by atoms with Gasteiger partial charge in [-0.2, -0.15) is 39.0 Å². The summed E-state index contributed by atoms with van der Waals surface area (Å²) in [5.41, 5.74) is -4.95. The van der Waals surface area contributed by atoms with Crippen LogP contribution in [-0.2, 0) is 0 Å². The van der Waals surface area contributed by atoms with E-state index in [-0.39, 0.29) is 12.2 Å². The van der Waals surface area contributed by atoms with E-state index in [1.165, 1.54) is 0 Å². The number of thioether (sulfide) groups is 1. The van der Waals surface area contributed by atoms with E-state index in [0.717, 1.165) is 0 Å². The van der Waals surface area contributed by atoms with Crippen molar-refractivity contribution in [1.82, 2.24) is 0 Å². The van der Waals surface area contributed by atoms with Gasteiger partial charge in [-0.05, 0) is 37.3 Å². The van der Waals surface area contributed by atoms with Crippen LogP contribution < -0.4 is 0 Å². The molecule has 0 N–H and O–H groups in total. The van der Waals surface area contributed by atoms with Crippen molar-refractivity contribution in [2.75, 3.05) is 5.75 Å². The molecule has 0 aliphatic carbocycles. The smallest absolute Gasteiger partial charge is 0.179 e. The summed E-state index contributed by atoms with van der Waals surface area (Å²) in [6, 6.07) is 0. The number of hydrogen-bond donors (Lipinski definition) is 1. The number of hydrogen-bond acceptors (Lipinski definition) is 2. The van der Waals surface area contributed by atoms with Gasteiger partial charge in [-0.25, -0.2) is 0 Å². The maximum absolute atomic E-state index is 12.3. The van der Waals surface area contributed by atoms with Crippen molar-refractivity contribution < 1.29 is 26.3 Å². The van der Waals surface area contributed by atoms with Gasteiger partial charge < -0.3 is 0 Å². The van der Waals surface area contributed by atoms with Gasteiger partial charge in [0.2, 0.25) is 0 Å². The zero-order valence-corrected chi connectivity index (χ0v) is 9.16. The lowest BCUT2D eigenvalue weighted by molar-refractivity contribution is -0.153. The maximum atomic E-state index is 12.3. The highest BCUT2D eigenvalue weighted by molar-refractivity contribution is 8.01. The molecular formula is C7H9F6S2. The molecule has 0 rings (SSSR count). The van der Waals surface area contributed by atoms with Gasteiger partial charge in [-0.1, -0.05) is 0 Å². The fourth-order valence-corrected chi connectivity index (χ4v) is 1.80. The van der Waals surface area contributed by atoms with Crippen LogP contribution in [0.25, 0.3) is 0 Å². The van der Waals surface area contributed by atoms with Crippen LogP contribution in [0, 0.1) is 6.92 Å². The highest BCUT2D eigenvalue weighted by Gasteiger charge is 2.56. The van der Waals surface area contributed by atoms with Gasteiger partial charge in [0.15, 0.2) is 0 Å². The topological polar surface area (TPSA) is 0 Å². The molecule has 0 aromatic carbocycles. The van der Waals surface area contributed by atoms with E-state index in [4.69, 9.17) is 0 Å². The molecule has 0 nitrogen and oxygen atoms in total. The van der Waals surface area contributed by atoms with Crippen molar-refractivity contribution >= 4 is 24.4 Å². The first kappa shape index (κ1) is 15.3. The molecule has 0 spiro atoms. The third-order valence-electron chi connectivity index (χ3n) is 1.57. The van der Waals surface area contributed by atoms with Gasteiger partial charge in [0, 0.05) is 0 Å². The lowest BCUT2D eigenvalue weighted by Crippen LogP contribution is -2.41. The first-order valence-corrected chi connectivity index (χ1v) is 5.26. The number of alkyl halides is 6. The van der Waals surface area contributed by atoms with E-state index in [2.05, 4.69) is 19.6 Å². The summed E-state index contributed by atoms with van der Waals surface area (Å²) in [6.45, 7) is 2.65. The lowest BCUT2D eigenvalue weighted by Gasteiger charge is -2.31. The molecule has 0 saturated carbocycles. The van der Waals surface area contributed by atoms with Gasteiger partial charge in [0.25, 0.3) is 0 Å². The molecule has 91 valence electrons. The van der Waals surface area contributed by atoms with Gasteiger partial charge in [0.1, 0.15) is 4.75 Å². The number of thiol groups is 1. The molecule has 8 heteroatoms. The normalized spacial score (nSPS) is 17.6. The Morgan fingerprint density at radius 2 is 1.53 bits per heavy atom. The van der Waals surface area contributed by atoms with Crippen molar-refractivity contribution in [2.45, 2.75) is 29.3 Å². The molecule has 0 aromatic rings. The fraction of sp³-hybridized carbons (Fsp3) is 0.857. The van der Waals surface area contributed by atoms with Crippen molar-refractivity contribution in [3.05, 3.63) is 6.92 Å². The van der Waals surface area contributed by atoms with Crippen LogP contribution in [0.15, 0.2) is 0 Å². The van der Waals surface area contributed by atoms with Crippen LogP contribution in [0.4, 0.5) is 26.3 Å². The molecule has 1 atom stereocenters. The van der Waals surface area contributed by atoms with Crippen molar-refractivity contribution in [2.24, 2.45) is 0 Å². The number of halogens is 6. The summed E-state index contributed by atoms with van der Waals surface area (Å²) in [7, 11) is 0. The average molecular weight is 271 g/mol. The first-order chi connectivity index (χ1) is 6.52. The van der Waals surface area contributed by atoms with Crippen LogP contribution in [0.2, 0.25) is 0 Å². The minimum absolute atomic E-state index is 0.0742. The van der Waals surface area contributed by atoms with E-state index in [1.54, 1.807) is 0 Å². The third-order valence-corrected chi connectivity index (χ3v) is 2.94. The standard InChI is InChI=1S/C7H9F6S2/c1-5(3-2-4-14,6(8,9)10)15-7(11,12)13/h14H,1-4H2. The molecule has 15 heavy (non-hydrogen) atoms. The van der Waals surface area contributed by atoms with Crippen molar-refractivity contribution in [3.63, 3.8) is 0 Å². The highest BCUT2D eigenvalue weighted by atomic mass is 32.2. The van der Waals surface area contributed by atoms with Crippen molar-refractivity contribution in [3.8, 4) is 0 Å². The summed E-state index contributed by atoms with van der Waals surface area (Å²) >= 11 is 2.53. The molecule has 0 heterocycles. The molecule has 0 saturated heterocycles. The summed E-state index contributed by atoms with van der Waals surface area (Å²) < 4.78 is 69.8. The second-order valence-corrected chi connectivity index (χ2v) is 4.76. The second kappa shape index (κ2) is 5.07. The zero-order valence-electron chi connectivity index (χ0n) is 7.45. The molecule has 0 aromatic heterocycles. The fourth-order valence-electron chi connectivity index (χ4n) is 0.837. The number of rotatable bonds is 4. The Bertz CT molecular complexity index is 199. The van der Waals surface area contributed by atoms with Crippen LogP contribution in [0.3, 0.4) is 0 Å². The molecule has 0 fully saturated rings. The van der Waals surface area contributed by atoms with E-state index in [0.29, 0.717) is 0 Å². The van der Waals surface area contributed by atoms with Crippen LogP contribution in [0.5, 0.6) is 0 Å². The largest absolute Gasteiger partial charge is 0.442 e. The van der Waals surface area contributed by atoms with Crippen LogP contribution in [-0.4, -0.2) is 22.2 Å². The summed E-state index contributed by atoms with van der Waals surface area (Å²) in [5.74, 6) is 0.0891. The summed E-state index contributed by atoms with van der Waals surface area (Å²) in [5, 5.41) is 0. The first-order valence-electron chi connectivity index (χ1n) is 3.82. The highest BCUT2D eigenvalue weighted by Crippen LogP contribution is 2.51. The van der Waals surface area contributed by atoms with Crippen LogP contribution >= 0.6 is 24.4 Å². The molecule has 1 radical (unpaired) electrons. The Hall–Kier alpha value is 0.280. The van der Waals surface area contributed by atoms with Gasteiger partial charge in [-0.3, -0.25) is 0 Å². The van der Waals surface area contributed by atoms with Crippen LogP contribution in [0.1, 0.15) is 12.8 Å². The van der Waals surface area contributed by atoms with Crippen molar-refractivity contribution in [1.29, 1.82) is 0 Å². The zero-order chi connectivity index (χ0) is 12.3. The predicted octanol–water partition coefficient (Wildman–Crippen LogP) is 4.08. The Morgan fingerprint density at radius 1 is 1.07 bits per heavy atom. The third kappa shape index (κ3) is 5.24. The predicted molar refractivity (Wildman–Crippen MR) is 50.9 cm³/mol. The van der Waals surface area contributed by atoms with E-state index in [1.807, 2.05) is 0 Å². The van der Waals surface area contributed by atoms with E-state index in [9.17, 15) is 26.3 Å². The lowest BCUT2D eigenvalue weighted by atomic mass is 10.1. The summed E-state index contributed by atoms with van der Waals surface area (Å²) in [6.07, 6.45) is -5.77. The van der Waals surface area contributed by atoms with Gasteiger partial charge in [0.05, 0.1) is 0 Å². The maximum Gasteiger partial charge on any atom is 0.442 e. The SMILES string of the molecule is [CH2]C(CCCS)(SC(F)(F)F)C(F)(F)F. The molecule has 0 amide bonds. The second-order valence-electron chi connectivity index (χ2n) is 2.87. The average Bonchev–Trinajstić information content (AvgIpc) is 1.95. The molecule has 0 aliphatic heterocycles. The Balaban J connectivity index is 4.71. The van der Waals surface area contributed by atoms with Gasteiger partial charge in [-0.15, -0.1) is 0 Å². The Labute approximate surface area is 93.2 Å². The Kier molecular flexibility index (Phi) is 5.17. The minimum Gasteiger partial charge on any atom is -0.179 e.